The van der Waals surface area contributed by atoms with Gasteiger partial charge in [-0.25, -0.2) is 0 Å². The molecule has 0 heterocycles. The Morgan fingerprint density at radius 1 is 1.37 bits per heavy atom. The van der Waals surface area contributed by atoms with Crippen LogP contribution in [0.5, 0.6) is 0 Å². The molecule has 0 aliphatic heterocycles. The summed E-state index contributed by atoms with van der Waals surface area (Å²) >= 11 is 8.86. The second-order valence-electron chi connectivity index (χ2n) is 5.17. The van der Waals surface area contributed by atoms with Crippen molar-refractivity contribution in [3.8, 4) is 0 Å². The van der Waals surface area contributed by atoms with E-state index in [1.54, 1.807) is 0 Å². The summed E-state index contributed by atoms with van der Waals surface area (Å²) < 4.78 is 5.57. The van der Waals surface area contributed by atoms with Crippen molar-refractivity contribution in [3.63, 3.8) is 0 Å². The lowest BCUT2D eigenvalue weighted by atomic mass is 9.98. The molecule has 1 N–H and O–H groups in total. The molecule has 0 saturated carbocycles. The Hall–Kier alpha value is 0.1000. The number of hydrogen-bond donors (Lipinski definition) is 2. The van der Waals surface area contributed by atoms with Crippen LogP contribution in [-0.4, -0.2) is 30.4 Å². The average molecular weight is 319 g/mol. The molecule has 0 amide bonds. The highest BCUT2D eigenvalue weighted by atomic mass is 32.9. The fourth-order valence-corrected chi connectivity index (χ4v) is 2.99. The van der Waals surface area contributed by atoms with Crippen LogP contribution in [0.1, 0.15) is 37.0 Å². The lowest BCUT2D eigenvalue weighted by Gasteiger charge is -2.24. The molecule has 3 nitrogen and oxygen atoms in total. The standard InChI is InChI=1S/C13H22NO2PS2/c1-10(2)11-6-5-7-12(8-11)13(9-14(3)4)16-17(15,18)19/h5-8,10,13H,9H2,1-4H3,(H2,15,18,19). The van der Waals surface area contributed by atoms with Gasteiger partial charge in [-0.1, -0.05) is 50.4 Å². The van der Waals surface area contributed by atoms with Crippen molar-refractivity contribution in [2.45, 2.75) is 25.9 Å². The summed E-state index contributed by atoms with van der Waals surface area (Å²) in [7, 11) is 3.92. The van der Waals surface area contributed by atoms with Gasteiger partial charge in [0.2, 0.25) is 5.69 Å². The van der Waals surface area contributed by atoms with E-state index in [0.717, 1.165) is 5.56 Å². The third-order valence-corrected chi connectivity index (χ3v) is 3.81. The molecule has 2 unspecified atom stereocenters. The van der Waals surface area contributed by atoms with Crippen molar-refractivity contribution < 1.29 is 9.42 Å². The first-order valence-corrected chi connectivity index (χ1v) is 10.00. The molecule has 108 valence electrons. The maximum Gasteiger partial charge on any atom is 0.242 e. The minimum atomic E-state index is -2.98. The number of benzene rings is 1. The molecule has 0 bridgehead atoms. The Kier molecular flexibility index (Phi) is 6.51. The number of thiol groups is 1. The van der Waals surface area contributed by atoms with E-state index in [1.807, 2.05) is 31.1 Å². The SMILES string of the molecule is CC(C)c1cccc(C(CN(C)C)OP(O)(=S)S)c1. The van der Waals surface area contributed by atoms with Crippen molar-refractivity contribution in [1.29, 1.82) is 0 Å². The van der Waals surface area contributed by atoms with Crippen molar-refractivity contribution in [2.24, 2.45) is 0 Å². The zero-order valence-electron chi connectivity index (χ0n) is 11.8. The molecule has 19 heavy (non-hydrogen) atoms. The fraction of sp³-hybridized carbons (Fsp3) is 0.538. The van der Waals surface area contributed by atoms with Crippen LogP contribution in [0.15, 0.2) is 24.3 Å². The summed E-state index contributed by atoms with van der Waals surface area (Å²) in [4.78, 5) is 11.7. The Labute approximate surface area is 126 Å². The molecule has 0 aliphatic carbocycles. The van der Waals surface area contributed by atoms with Crippen LogP contribution in [0.4, 0.5) is 0 Å². The van der Waals surface area contributed by atoms with Crippen LogP contribution in [0.2, 0.25) is 0 Å². The molecule has 0 saturated heterocycles. The minimum absolute atomic E-state index is 0.262. The van der Waals surface area contributed by atoms with E-state index in [4.69, 9.17) is 16.3 Å². The normalized spacial score (nSPS) is 16.6. The predicted octanol–water partition coefficient (Wildman–Crippen LogP) is 3.58. The monoisotopic (exact) mass is 319 g/mol. The largest absolute Gasteiger partial charge is 0.338 e. The summed E-state index contributed by atoms with van der Waals surface area (Å²) in [6, 6.07) is 8.21. The van der Waals surface area contributed by atoms with Crippen LogP contribution in [0.25, 0.3) is 0 Å². The maximum atomic E-state index is 9.69. The van der Waals surface area contributed by atoms with Crippen molar-refractivity contribution >= 4 is 29.7 Å². The fourth-order valence-electron chi connectivity index (χ4n) is 1.82. The van der Waals surface area contributed by atoms with Crippen molar-refractivity contribution in [1.82, 2.24) is 4.90 Å². The molecule has 0 spiro atoms. The molecule has 2 atom stereocenters. The molecular weight excluding hydrogens is 297 g/mol. The maximum absolute atomic E-state index is 9.69. The van der Waals surface area contributed by atoms with E-state index in [0.29, 0.717) is 12.5 Å². The molecule has 1 aromatic rings. The second kappa shape index (κ2) is 7.21. The first kappa shape index (κ1) is 17.2. The Bertz CT molecular complexity index is 460. The molecule has 1 aromatic carbocycles. The summed E-state index contributed by atoms with van der Waals surface area (Å²) in [5.74, 6) is 0.452. The average Bonchev–Trinajstić information content (AvgIpc) is 2.25. The molecule has 1 rings (SSSR count). The van der Waals surface area contributed by atoms with E-state index < -0.39 is 5.69 Å². The number of likely N-dealkylation sites (N-methyl/N-ethyl adjacent to an activating group) is 1. The highest BCUT2D eigenvalue weighted by Crippen LogP contribution is 2.51. The van der Waals surface area contributed by atoms with E-state index in [2.05, 4.69) is 38.2 Å². The molecule has 6 heteroatoms. The lowest BCUT2D eigenvalue weighted by Crippen LogP contribution is -2.21. The zero-order valence-corrected chi connectivity index (χ0v) is 14.4. The van der Waals surface area contributed by atoms with Gasteiger partial charge >= 0.3 is 0 Å². The lowest BCUT2D eigenvalue weighted by molar-refractivity contribution is 0.168. The Balaban J connectivity index is 3.02. The summed E-state index contributed by atoms with van der Waals surface area (Å²) in [5.41, 5.74) is -0.710. The van der Waals surface area contributed by atoms with Gasteiger partial charge < -0.3 is 14.3 Å². The highest BCUT2D eigenvalue weighted by molar-refractivity contribution is 8.59. The predicted molar refractivity (Wildman–Crippen MR) is 88.4 cm³/mol. The van der Waals surface area contributed by atoms with Crippen LogP contribution >= 0.6 is 17.9 Å². The van der Waals surface area contributed by atoms with Crippen LogP contribution in [0.3, 0.4) is 0 Å². The van der Waals surface area contributed by atoms with Gasteiger partial charge in [0.05, 0.1) is 0 Å². The third-order valence-electron chi connectivity index (χ3n) is 2.74. The third kappa shape index (κ3) is 6.39. The molecular formula is C13H22NO2PS2. The number of nitrogens with zero attached hydrogens (tertiary/aromatic N) is 1. The Morgan fingerprint density at radius 3 is 2.42 bits per heavy atom. The summed E-state index contributed by atoms with van der Waals surface area (Å²) in [6.07, 6.45) is -0.262. The smallest absolute Gasteiger partial charge is 0.242 e. The number of rotatable bonds is 6. The van der Waals surface area contributed by atoms with Crippen LogP contribution in [0, 0.1) is 0 Å². The summed E-state index contributed by atoms with van der Waals surface area (Å²) in [5, 5.41) is 0. The van der Waals surface area contributed by atoms with Crippen LogP contribution in [-0.2, 0) is 16.3 Å². The van der Waals surface area contributed by atoms with Gasteiger partial charge in [-0.3, -0.25) is 0 Å². The van der Waals surface area contributed by atoms with Crippen molar-refractivity contribution in [2.75, 3.05) is 20.6 Å². The number of hydrogen-bond acceptors (Lipinski definition) is 3. The van der Waals surface area contributed by atoms with Gasteiger partial charge in [0.1, 0.15) is 6.10 Å². The minimum Gasteiger partial charge on any atom is -0.338 e. The first-order valence-electron chi connectivity index (χ1n) is 6.17. The van der Waals surface area contributed by atoms with Crippen LogP contribution < -0.4 is 0 Å². The highest BCUT2D eigenvalue weighted by Gasteiger charge is 2.20. The van der Waals surface area contributed by atoms with E-state index in [-0.39, 0.29) is 6.10 Å². The quantitative estimate of drug-likeness (QED) is 0.620. The van der Waals surface area contributed by atoms with Gasteiger partial charge in [0.25, 0.3) is 0 Å². The topological polar surface area (TPSA) is 32.7 Å². The van der Waals surface area contributed by atoms with Crippen molar-refractivity contribution in [3.05, 3.63) is 35.4 Å². The molecule has 0 aromatic heterocycles. The molecule has 0 aliphatic rings. The van der Waals surface area contributed by atoms with E-state index >= 15 is 0 Å². The molecule has 0 radical (unpaired) electrons. The van der Waals surface area contributed by atoms with E-state index in [1.165, 1.54) is 5.56 Å². The zero-order chi connectivity index (χ0) is 14.6. The van der Waals surface area contributed by atoms with Gasteiger partial charge in [-0.15, -0.1) is 0 Å². The first-order chi connectivity index (χ1) is 8.69. The summed E-state index contributed by atoms with van der Waals surface area (Å²) in [6.45, 7) is 4.95. The van der Waals surface area contributed by atoms with Gasteiger partial charge in [0.15, 0.2) is 0 Å². The van der Waals surface area contributed by atoms with Gasteiger partial charge in [0, 0.05) is 6.54 Å². The molecule has 0 fully saturated rings. The van der Waals surface area contributed by atoms with Gasteiger partial charge in [-0.05, 0) is 42.9 Å². The second-order valence-corrected chi connectivity index (χ2v) is 10.3. The van der Waals surface area contributed by atoms with E-state index in [9.17, 15) is 4.89 Å². The van der Waals surface area contributed by atoms with Gasteiger partial charge in [-0.2, -0.15) is 0 Å². The Morgan fingerprint density at radius 2 is 1.95 bits per heavy atom.